The van der Waals surface area contributed by atoms with Gasteiger partial charge in [0.1, 0.15) is 18.0 Å². The Kier molecular flexibility index (Phi) is 11.3. The van der Waals surface area contributed by atoms with Gasteiger partial charge >= 0.3 is 12.1 Å². The number of phenols is 1. The molecule has 8 rings (SSSR count). The maximum atomic E-state index is 14.7. The SMILES string of the molecule is C=CCN1CC(=O)N2[C@@H](Cc3ccc(O)cc3)C(=O)N(Cc3cccc4c(-c5ccc(NC(=O)Nc6ccccc6)cc5)cn(C)c34)C[C@@H]2N1C(=O)NCc1ccccc1. The first-order valence-electron chi connectivity index (χ1n) is 19.8. The van der Waals surface area contributed by atoms with Crippen LogP contribution in [0.2, 0.25) is 0 Å². The normalized spacial score (nSPS) is 16.7. The van der Waals surface area contributed by atoms with Crippen LogP contribution in [0.15, 0.2) is 146 Å². The third kappa shape index (κ3) is 8.29. The zero-order valence-corrected chi connectivity index (χ0v) is 33.2. The fourth-order valence-electron chi connectivity index (χ4n) is 8.22. The van der Waals surface area contributed by atoms with Crippen LogP contribution in [0.3, 0.4) is 0 Å². The van der Waals surface area contributed by atoms with Crippen molar-refractivity contribution in [3.63, 3.8) is 0 Å². The van der Waals surface area contributed by atoms with E-state index in [1.807, 2.05) is 115 Å². The molecule has 2 saturated heterocycles. The minimum absolute atomic E-state index is 0.0725. The quantitative estimate of drug-likeness (QED) is 0.105. The number of aryl methyl sites for hydroxylation is 1. The van der Waals surface area contributed by atoms with Crippen molar-refractivity contribution in [1.82, 2.24) is 29.7 Å². The number of aromatic hydroxyl groups is 1. The molecule has 60 heavy (non-hydrogen) atoms. The second-order valence-electron chi connectivity index (χ2n) is 15.0. The van der Waals surface area contributed by atoms with Gasteiger partial charge in [0.05, 0.1) is 18.6 Å². The smallest absolute Gasteiger partial charge is 0.334 e. The highest BCUT2D eigenvalue weighted by molar-refractivity contribution is 6.01. The number of carbonyl (C=O) groups excluding carboxylic acids is 4. The number of hydrogen-bond acceptors (Lipinski definition) is 6. The first kappa shape index (κ1) is 39.4. The molecule has 5 aromatic carbocycles. The van der Waals surface area contributed by atoms with E-state index in [2.05, 4.69) is 28.7 Å². The standard InChI is InChI=1S/C47H46N8O5/c1-3-25-53-31-43(57)54-41(26-32-17-23-38(56)24-18-32)45(58)52(30-42(54)55(53)47(60)48-27-33-11-6-4-7-12-33)28-35-13-10-16-39-40(29-51(2)44(35)39)34-19-21-37(22-20-34)50-46(59)49-36-14-8-5-9-15-36/h3-24,29,41-42,56H,1,25-28,30-31H2,2H3,(H,48,60)(H2,49,50,59)/t41-,42-/m0/s1. The van der Waals surface area contributed by atoms with Gasteiger partial charge in [0, 0.05) is 61.6 Å². The van der Waals surface area contributed by atoms with Crippen molar-refractivity contribution in [2.24, 2.45) is 7.05 Å². The molecule has 0 bridgehead atoms. The number of para-hydroxylation sites is 2. The van der Waals surface area contributed by atoms with Crippen molar-refractivity contribution in [1.29, 1.82) is 0 Å². The van der Waals surface area contributed by atoms with Crippen LogP contribution in [-0.2, 0) is 36.1 Å². The largest absolute Gasteiger partial charge is 0.508 e. The van der Waals surface area contributed by atoms with Crippen LogP contribution in [0.1, 0.15) is 16.7 Å². The minimum atomic E-state index is -0.916. The summed E-state index contributed by atoms with van der Waals surface area (Å²) < 4.78 is 2.05. The summed E-state index contributed by atoms with van der Waals surface area (Å²) in [6.07, 6.45) is 3.08. The number of aromatic nitrogens is 1. The lowest BCUT2D eigenvalue weighted by Crippen LogP contribution is -2.76. The molecule has 3 heterocycles. The molecule has 1 aromatic heterocycles. The second-order valence-corrected chi connectivity index (χ2v) is 15.0. The van der Waals surface area contributed by atoms with Gasteiger partial charge in [-0.15, -0.1) is 6.58 Å². The van der Waals surface area contributed by atoms with Crippen molar-refractivity contribution in [2.75, 3.05) is 30.3 Å². The van der Waals surface area contributed by atoms with Crippen LogP contribution in [-0.4, -0.2) is 85.2 Å². The molecule has 13 heteroatoms. The summed E-state index contributed by atoms with van der Waals surface area (Å²) in [5, 5.41) is 23.0. The van der Waals surface area contributed by atoms with E-state index in [9.17, 15) is 24.3 Å². The molecule has 2 atom stereocenters. The van der Waals surface area contributed by atoms with Gasteiger partial charge in [0.25, 0.3) is 0 Å². The Labute approximate surface area is 348 Å². The summed E-state index contributed by atoms with van der Waals surface area (Å²) >= 11 is 0. The van der Waals surface area contributed by atoms with E-state index in [1.54, 1.807) is 50.2 Å². The highest BCUT2D eigenvalue weighted by atomic mass is 16.3. The number of hydrogen-bond donors (Lipinski definition) is 4. The maximum Gasteiger partial charge on any atom is 0.334 e. The van der Waals surface area contributed by atoms with Crippen molar-refractivity contribution in [2.45, 2.75) is 31.7 Å². The first-order valence-corrected chi connectivity index (χ1v) is 19.8. The van der Waals surface area contributed by atoms with Crippen molar-refractivity contribution < 1.29 is 24.3 Å². The lowest BCUT2D eigenvalue weighted by atomic mass is 9.97. The number of phenolic OH excluding ortho intramolecular Hbond substituents is 1. The monoisotopic (exact) mass is 802 g/mol. The van der Waals surface area contributed by atoms with E-state index in [4.69, 9.17) is 0 Å². The van der Waals surface area contributed by atoms with Gasteiger partial charge in [-0.05, 0) is 58.7 Å². The van der Waals surface area contributed by atoms with E-state index in [-0.39, 0.29) is 62.7 Å². The number of rotatable bonds is 11. The van der Waals surface area contributed by atoms with Crippen LogP contribution < -0.4 is 16.0 Å². The van der Waals surface area contributed by atoms with Gasteiger partial charge in [-0.3, -0.25) is 9.59 Å². The fraction of sp³-hybridized carbons (Fsp3) is 0.191. The lowest BCUT2D eigenvalue weighted by Gasteiger charge is -2.55. The van der Waals surface area contributed by atoms with E-state index >= 15 is 0 Å². The van der Waals surface area contributed by atoms with Crippen molar-refractivity contribution >= 4 is 46.2 Å². The molecule has 0 radical (unpaired) electrons. The fourth-order valence-corrected chi connectivity index (χ4v) is 8.22. The Morgan fingerprint density at radius 1 is 0.817 bits per heavy atom. The first-order chi connectivity index (χ1) is 29.2. The Morgan fingerprint density at radius 3 is 2.20 bits per heavy atom. The Hall–Kier alpha value is -7.38. The second kappa shape index (κ2) is 17.2. The number of urea groups is 2. The summed E-state index contributed by atoms with van der Waals surface area (Å²) in [5.41, 5.74) is 6.79. The van der Waals surface area contributed by atoms with Gasteiger partial charge in [-0.1, -0.05) is 97.1 Å². The van der Waals surface area contributed by atoms with Gasteiger partial charge in [-0.2, -0.15) is 0 Å². The number of nitrogens with zero attached hydrogens (tertiary/aromatic N) is 5. The molecular formula is C47H46N8O5. The highest BCUT2D eigenvalue weighted by Gasteiger charge is 2.51. The average Bonchev–Trinajstić information content (AvgIpc) is 3.60. The van der Waals surface area contributed by atoms with E-state index in [1.165, 1.54) is 0 Å². The topological polar surface area (TPSA) is 142 Å². The van der Waals surface area contributed by atoms with Gasteiger partial charge in [0.15, 0.2) is 0 Å². The summed E-state index contributed by atoms with van der Waals surface area (Å²) in [5.74, 6) is -0.407. The van der Waals surface area contributed by atoms with E-state index in [0.29, 0.717) is 11.4 Å². The van der Waals surface area contributed by atoms with E-state index < -0.39 is 18.2 Å². The van der Waals surface area contributed by atoms with Crippen LogP contribution in [0, 0.1) is 0 Å². The lowest BCUT2D eigenvalue weighted by molar-refractivity contribution is -0.189. The number of carbonyl (C=O) groups is 4. The number of fused-ring (bicyclic) bond motifs is 2. The van der Waals surface area contributed by atoms with Crippen LogP contribution in [0.4, 0.5) is 21.0 Å². The molecule has 2 fully saturated rings. The summed E-state index contributed by atoms with van der Waals surface area (Å²) in [6.45, 7) is 4.60. The molecule has 2 aliphatic heterocycles. The van der Waals surface area contributed by atoms with Crippen molar-refractivity contribution in [3.8, 4) is 16.9 Å². The Balaban J connectivity index is 1.09. The number of hydrazine groups is 1. The molecule has 0 saturated carbocycles. The van der Waals surface area contributed by atoms with Crippen LogP contribution in [0.5, 0.6) is 5.75 Å². The Morgan fingerprint density at radius 2 is 1.50 bits per heavy atom. The molecule has 4 N–H and O–H groups in total. The van der Waals surface area contributed by atoms with Crippen molar-refractivity contribution in [3.05, 3.63) is 163 Å². The summed E-state index contributed by atoms with van der Waals surface area (Å²) in [7, 11) is 1.97. The third-order valence-electron chi connectivity index (χ3n) is 11.0. The molecular weight excluding hydrogens is 757 g/mol. The van der Waals surface area contributed by atoms with Gasteiger partial charge in [-0.25, -0.2) is 19.6 Å². The predicted octanol–water partition coefficient (Wildman–Crippen LogP) is 6.93. The highest BCUT2D eigenvalue weighted by Crippen LogP contribution is 2.35. The molecule has 0 aliphatic carbocycles. The third-order valence-corrected chi connectivity index (χ3v) is 11.0. The molecule has 6 aromatic rings. The number of amides is 6. The number of anilines is 2. The number of benzene rings is 5. The molecule has 0 spiro atoms. The molecule has 6 amide bonds. The van der Waals surface area contributed by atoms with Crippen LogP contribution in [0.25, 0.3) is 22.0 Å². The van der Waals surface area contributed by atoms with Gasteiger partial charge in [0.2, 0.25) is 11.8 Å². The summed E-state index contributed by atoms with van der Waals surface area (Å²) in [6, 6.07) is 37.4. The zero-order chi connectivity index (χ0) is 41.8. The maximum absolute atomic E-state index is 14.7. The zero-order valence-electron chi connectivity index (χ0n) is 33.2. The van der Waals surface area contributed by atoms with E-state index in [0.717, 1.165) is 38.7 Å². The minimum Gasteiger partial charge on any atom is -0.508 e. The molecule has 304 valence electrons. The average molecular weight is 803 g/mol. The van der Waals surface area contributed by atoms with Crippen LogP contribution >= 0.6 is 0 Å². The molecule has 13 nitrogen and oxygen atoms in total. The molecule has 2 aliphatic rings. The predicted molar refractivity (Wildman–Crippen MR) is 231 cm³/mol. The Bertz CT molecular complexity index is 2530. The summed E-state index contributed by atoms with van der Waals surface area (Å²) in [4.78, 5) is 59.0. The molecule has 0 unspecified atom stereocenters. The number of nitrogens with one attached hydrogen (secondary N) is 3. The number of piperazine rings is 1. The van der Waals surface area contributed by atoms with Gasteiger partial charge < -0.3 is 35.4 Å².